The van der Waals surface area contributed by atoms with Crippen LogP contribution in [0.25, 0.3) is 0 Å². The lowest BCUT2D eigenvalue weighted by atomic mass is 10.1. The highest BCUT2D eigenvalue weighted by Crippen LogP contribution is 2.05. The molecular weight excluding hydrogens is 300 g/mol. The van der Waals surface area contributed by atoms with Crippen LogP contribution in [-0.4, -0.2) is 117 Å². The fourth-order valence-corrected chi connectivity index (χ4v) is 1.79. The molecule has 2 unspecified atom stereocenters. The summed E-state index contributed by atoms with van der Waals surface area (Å²) < 4.78 is 0. The predicted molar refractivity (Wildman–Crippen MR) is 73.5 cm³/mol. The van der Waals surface area contributed by atoms with Crippen molar-refractivity contribution in [1.29, 1.82) is 0 Å². The average Bonchev–Trinajstić information content (AvgIpc) is 2.51. The molecule has 0 bridgehead atoms. The third kappa shape index (κ3) is 6.22. The summed E-state index contributed by atoms with van der Waals surface area (Å²) in [5.41, 5.74) is 0. The van der Waals surface area contributed by atoms with Crippen LogP contribution in [0.5, 0.6) is 0 Å². The zero-order valence-corrected chi connectivity index (χ0v) is 12.2. The van der Waals surface area contributed by atoms with Crippen LogP contribution in [0.1, 0.15) is 0 Å². The Morgan fingerprint density at radius 2 is 0.864 bits per heavy atom. The maximum Gasteiger partial charge on any atom is 0.254 e. The van der Waals surface area contributed by atoms with Crippen molar-refractivity contribution in [1.82, 2.24) is 9.80 Å². The van der Waals surface area contributed by atoms with Gasteiger partial charge in [0.1, 0.15) is 0 Å². The summed E-state index contributed by atoms with van der Waals surface area (Å²) in [6.07, 6.45) is -4.16. The number of hydrogen-bond donors (Lipinski definition) is 6. The summed E-state index contributed by atoms with van der Waals surface area (Å²) in [6.45, 7) is -2.34. The predicted octanol–water partition coefficient (Wildman–Crippen LogP) is -4.67. The van der Waals surface area contributed by atoms with E-state index in [2.05, 4.69) is 0 Å². The number of aliphatic hydroxyl groups excluding tert-OH is 6. The highest BCUT2D eigenvalue weighted by Gasteiger charge is 2.35. The van der Waals surface area contributed by atoms with Crippen LogP contribution in [-0.2, 0) is 9.59 Å². The number of hydrogen-bond acceptors (Lipinski definition) is 8. The van der Waals surface area contributed by atoms with E-state index in [9.17, 15) is 19.8 Å². The molecule has 0 aliphatic rings. The molecule has 0 aliphatic heterocycles. The summed E-state index contributed by atoms with van der Waals surface area (Å²) >= 11 is 0. The van der Waals surface area contributed by atoms with E-state index < -0.39 is 50.4 Å². The number of nitrogens with zero attached hydrogens (tertiary/aromatic N) is 2. The number of carbonyl (C=O) groups is 2. The highest BCUT2D eigenvalue weighted by atomic mass is 16.3. The third-order valence-corrected chi connectivity index (χ3v) is 2.91. The average molecular weight is 324 g/mol. The van der Waals surface area contributed by atoms with Crippen LogP contribution in [0.2, 0.25) is 0 Å². The van der Waals surface area contributed by atoms with Crippen molar-refractivity contribution in [3.05, 3.63) is 0 Å². The van der Waals surface area contributed by atoms with E-state index in [4.69, 9.17) is 20.4 Å². The highest BCUT2D eigenvalue weighted by molar-refractivity contribution is 5.90. The van der Waals surface area contributed by atoms with Gasteiger partial charge in [-0.15, -0.1) is 0 Å². The fraction of sp³-hybridized carbons (Fsp3) is 0.833. The molecule has 0 aromatic heterocycles. The molecule has 0 radical (unpaired) electrons. The molecule has 10 heteroatoms. The molecule has 6 N–H and O–H groups in total. The van der Waals surface area contributed by atoms with E-state index >= 15 is 0 Å². The summed E-state index contributed by atoms with van der Waals surface area (Å²) in [5.74, 6) is -2.03. The largest absolute Gasteiger partial charge is 0.395 e. The molecule has 130 valence electrons. The first kappa shape index (κ1) is 20.7. The van der Waals surface area contributed by atoms with Crippen molar-refractivity contribution < 1.29 is 40.2 Å². The number of carbonyl (C=O) groups excluding carboxylic acids is 2. The van der Waals surface area contributed by atoms with E-state index in [0.717, 1.165) is 9.80 Å². The van der Waals surface area contributed by atoms with Crippen molar-refractivity contribution in [2.45, 2.75) is 12.2 Å². The molecule has 2 atom stereocenters. The first-order valence-corrected chi connectivity index (χ1v) is 6.81. The second kappa shape index (κ2) is 11.3. The van der Waals surface area contributed by atoms with Gasteiger partial charge in [0.15, 0.2) is 12.2 Å². The lowest BCUT2D eigenvalue weighted by molar-refractivity contribution is -0.159. The Hall–Kier alpha value is -1.30. The quantitative estimate of drug-likeness (QED) is 0.221. The molecule has 0 saturated carbocycles. The van der Waals surface area contributed by atoms with Gasteiger partial charge in [-0.25, -0.2) is 0 Å². The normalized spacial score (nSPS) is 13.5. The minimum atomic E-state index is -2.08. The Kier molecular flexibility index (Phi) is 10.6. The lowest BCUT2D eigenvalue weighted by Gasteiger charge is -2.28. The summed E-state index contributed by atoms with van der Waals surface area (Å²) in [5, 5.41) is 54.9. The maximum atomic E-state index is 11.9. The van der Waals surface area contributed by atoms with Gasteiger partial charge in [-0.3, -0.25) is 9.59 Å². The topological polar surface area (TPSA) is 162 Å². The zero-order chi connectivity index (χ0) is 17.1. The Labute approximate surface area is 127 Å². The molecule has 0 heterocycles. The van der Waals surface area contributed by atoms with Gasteiger partial charge in [-0.05, 0) is 0 Å². The fourth-order valence-electron chi connectivity index (χ4n) is 1.79. The van der Waals surface area contributed by atoms with Crippen molar-refractivity contribution in [3.63, 3.8) is 0 Å². The lowest BCUT2D eigenvalue weighted by Crippen LogP contribution is -2.53. The number of aliphatic hydroxyl groups is 6. The van der Waals surface area contributed by atoms with Gasteiger partial charge in [-0.2, -0.15) is 0 Å². The van der Waals surface area contributed by atoms with Crippen LogP contribution >= 0.6 is 0 Å². The van der Waals surface area contributed by atoms with E-state index in [-0.39, 0.29) is 26.2 Å². The van der Waals surface area contributed by atoms with Gasteiger partial charge >= 0.3 is 0 Å². The molecule has 22 heavy (non-hydrogen) atoms. The van der Waals surface area contributed by atoms with Gasteiger partial charge in [0.25, 0.3) is 11.8 Å². The second-order valence-electron chi connectivity index (χ2n) is 4.43. The summed E-state index contributed by atoms with van der Waals surface area (Å²) in [4.78, 5) is 25.7. The summed E-state index contributed by atoms with van der Waals surface area (Å²) in [6, 6.07) is 0. The standard InChI is InChI=1S/C12H24N2O8/c15-5-1-13(2-6-16)11(21)9(19)10(20)12(22)14(3-7-17)4-8-18/h9-10,15-20H,1-8H2. The Bertz CT molecular complexity index is 297. The first-order chi connectivity index (χ1) is 10.4. The monoisotopic (exact) mass is 324 g/mol. The molecule has 0 aromatic carbocycles. The van der Waals surface area contributed by atoms with E-state index in [0.29, 0.717) is 0 Å². The smallest absolute Gasteiger partial charge is 0.254 e. The third-order valence-electron chi connectivity index (χ3n) is 2.91. The molecular formula is C12H24N2O8. The van der Waals surface area contributed by atoms with Gasteiger partial charge in [0.05, 0.1) is 26.4 Å². The van der Waals surface area contributed by atoms with E-state index in [1.165, 1.54) is 0 Å². The minimum Gasteiger partial charge on any atom is -0.395 e. The van der Waals surface area contributed by atoms with Crippen LogP contribution < -0.4 is 0 Å². The molecule has 0 aromatic rings. The van der Waals surface area contributed by atoms with Gasteiger partial charge in [0.2, 0.25) is 0 Å². The molecule has 0 fully saturated rings. The zero-order valence-electron chi connectivity index (χ0n) is 12.2. The molecule has 2 amide bonds. The van der Waals surface area contributed by atoms with E-state index in [1.807, 2.05) is 0 Å². The van der Waals surface area contributed by atoms with Gasteiger partial charge in [-0.1, -0.05) is 0 Å². The molecule has 10 nitrogen and oxygen atoms in total. The number of amides is 2. The van der Waals surface area contributed by atoms with Crippen molar-refractivity contribution in [2.75, 3.05) is 52.6 Å². The number of rotatable bonds is 11. The Morgan fingerprint density at radius 3 is 1.05 bits per heavy atom. The van der Waals surface area contributed by atoms with Crippen LogP contribution in [0.4, 0.5) is 0 Å². The van der Waals surface area contributed by atoms with E-state index in [1.54, 1.807) is 0 Å². The van der Waals surface area contributed by atoms with Crippen molar-refractivity contribution >= 4 is 11.8 Å². The molecule has 0 saturated heterocycles. The summed E-state index contributed by atoms with van der Waals surface area (Å²) in [7, 11) is 0. The minimum absolute atomic E-state index is 0.172. The van der Waals surface area contributed by atoms with Crippen LogP contribution in [0, 0.1) is 0 Å². The first-order valence-electron chi connectivity index (χ1n) is 6.81. The van der Waals surface area contributed by atoms with Crippen LogP contribution in [0.3, 0.4) is 0 Å². The van der Waals surface area contributed by atoms with Gasteiger partial charge in [0, 0.05) is 26.2 Å². The SMILES string of the molecule is O=C(C(O)C(O)C(=O)N(CCO)CCO)N(CCO)CCO. The van der Waals surface area contributed by atoms with Crippen molar-refractivity contribution in [2.24, 2.45) is 0 Å². The Morgan fingerprint density at radius 1 is 0.636 bits per heavy atom. The van der Waals surface area contributed by atoms with Crippen LogP contribution in [0.15, 0.2) is 0 Å². The second-order valence-corrected chi connectivity index (χ2v) is 4.43. The van der Waals surface area contributed by atoms with Gasteiger partial charge < -0.3 is 40.4 Å². The van der Waals surface area contributed by atoms with Crippen molar-refractivity contribution in [3.8, 4) is 0 Å². The molecule has 0 spiro atoms. The molecule has 0 aliphatic carbocycles. The maximum absolute atomic E-state index is 11.9. The molecule has 0 rings (SSSR count). The Balaban J connectivity index is 4.88.